The summed E-state index contributed by atoms with van der Waals surface area (Å²) in [5.41, 5.74) is 5.78. The molecule has 1 saturated carbocycles. The fourth-order valence-electron chi connectivity index (χ4n) is 3.17. The van der Waals surface area contributed by atoms with Crippen LogP contribution in [0.2, 0.25) is 0 Å². The molecule has 1 aliphatic heterocycles. The quantitative estimate of drug-likeness (QED) is 0.792. The van der Waals surface area contributed by atoms with E-state index in [1.165, 1.54) is 32.1 Å². The first-order chi connectivity index (χ1) is 8.72. The van der Waals surface area contributed by atoms with Gasteiger partial charge in [-0.1, -0.05) is 19.3 Å². The van der Waals surface area contributed by atoms with E-state index in [2.05, 4.69) is 11.9 Å². The second-order valence-corrected chi connectivity index (χ2v) is 5.69. The van der Waals surface area contributed by atoms with Crippen molar-refractivity contribution in [3.05, 3.63) is 0 Å². The van der Waals surface area contributed by atoms with Gasteiger partial charge < -0.3 is 10.5 Å². The average molecular weight is 271 g/mol. The molecule has 2 N–H and O–H groups in total. The first kappa shape index (κ1) is 14.0. The largest absolute Gasteiger partial charge is 0.375 e. The first-order valence-corrected chi connectivity index (χ1v) is 7.56. The fourth-order valence-corrected chi connectivity index (χ4v) is 3.41. The summed E-state index contributed by atoms with van der Waals surface area (Å²) in [6.07, 6.45) is 7.10. The van der Waals surface area contributed by atoms with E-state index < -0.39 is 0 Å². The third-order valence-electron chi connectivity index (χ3n) is 4.14. The normalized spacial score (nSPS) is 27.1. The van der Waals surface area contributed by atoms with Gasteiger partial charge in [-0.25, -0.2) is 5.01 Å². The number of hydrogen-bond donors (Lipinski definition) is 1. The van der Waals surface area contributed by atoms with Gasteiger partial charge in [-0.3, -0.25) is 5.01 Å². The number of hydrogen-bond acceptors (Lipinski definition) is 3. The van der Waals surface area contributed by atoms with Crippen molar-refractivity contribution in [2.45, 2.75) is 45.1 Å². The minimum Gasteiger partial charge on any atom is -0.375 e. The van der Waals surface area contributed by atoms with Crippen LogP contribution < -0.4 is 5.73 Å². The lowest BCUT2D eigenvalue weighted by Crippen LogP contribution is -2.56. The molecular formula is C13H25N3OS. The standard InChI is InChI=1S/C13H25N3OS/c1-2-16(13(14)18)15-8-9-17-12(10-15)11-6-4-3-5-7-11/h11-12H,2-10H2,1H3,(H2,14,18). The van der Waals surface area contributed by atoms with Crippen LogP contribution in [0.3, 0.4) is 0 Å². The van der Waals surface area contributed by atoms with Gasteiger partial charge in [0.2, 0.25) is 0 Å². The lowest BCUT2D eigenvalue weighted by atomic mass is 9.85. The lowest BCUT2D eigenvalue weighted by Gasteiger charge is -2.43. The van der Waals surface area contributed by atoms with Crippen LogP contribution in [0.5, 0.6) is 0 Å². The van der Waals surface area contributed by atoms with Crippen molar-refractivity contribution in [3.63, 3.8) is 0 Å². The zero-order valence-corrected chi connectivity index (χ0v) is 12.1. The predicted molar refractivity (Wildman–Crippen MR) is 77.1 cm³/mol. The van der Waals surface area contributed by atoms with Crippen molar-refractivity contribution in [1.82, 2.24) is 10.0 Å². The zero-order chi connectivity index (χ0) is 13.0. The summed E-state index contributed by atoms with van der Waals surface area (Å²) in [4.78, 5) is 0. The summed E-state index contributed by atoms with van der Waals surface area (Å²) in [5.74, 6) is 0.728. The maximum Gasteiger partial charge on any atom is 0.181 e. The minimum atomic E-state index is 0.363. The van der Waals surface area contributed by atoms with Crippen molar-refractivity contribution in [3.8, 4) is 0 Å². The second kappa shape index (κ2) is 6.68. The molecule has 0 aromatic rings. The molecular weight excluding hydrogens is 246 g/mol. The van der Waals surface area contributed by atoms with Crippen LogP contribution in [0.1, 0.15) is 39.0 Å². The summed E-state index contributed by atoms with van der Waals surface area (Å²) in [5, 5.41) is 4.75. The Balaban J connectivity index is 1.92. The molecule has 18 heavy (non-hydrogen) atoms. The van der Waals surface area contributed by atoms with Gasteiger partial charge in [0.05, 0.1) is 12.7 Å². The van der Waals surface area contributed by atoms with Crippen LogP contribution in [0.4, 0.5) is 0 Å². The number of thiocarbonyl (C=S) groups is 1. The van der Waals surface area contributed by atoms with Crippen molar-refractivity contribution < 1.29 is 4.74 Å². The number of ether oxygens (including phenoxy) is 1. The second-order valence-electron chi connectivity index (χ2n) is 5.27. The Morgan fingerprint density at radius 2 is 2.11 bits per heavy atom. The molecule has 104 valence electrons. The van der Waals surface area contributed by atoms with Crippen LogP contribution in [0.15, 0.2) is 0 Å². The van der Waals surface area contributed by atoms with Crippen LogP contribution in [0, 0.1) is 5.92 Å². The maximum absolute atomic E-state index is 5.97. The topological polar surface area (TPSA) is 41.7 Å². The molecule has 4 nitrogen and oxygen atoms in total. The van der Waals surface area contributed by atoms with Crippen LogP contribution in [-0.2, 0) is 4.74 Å². The van der Waals surface area contributed by atoms with Gasteiger partial charge in [-0.2, -0.15) is 0 Å². The van der Waals surface area contributed by atoms with E-state index >= 15 is 0 Å². The zero-order valence-electron chi connectivity index (χ0n) is 11.3. The molecule has 2 rings (SSSR count). The number of hydrazine groups is 1. The number of nitrogens with two attached hydrogens (primary N) is 1. The van der Waals surface area contributed by atoms with Crippen molar-refractivity contribution >= 4 is 17.3 Å². The highest BCUT2D eigenvalue weighted by molar-refractivity contribution is 7.80. The molecule has 0 bridgehead atoms. The summed E-state index contributed by atoms with van der Waals surface area (Å²) in [7, 11) is 0. The molecule has 0 aromatic carbocycles. The molecule has 0 aromatic heterocycles. The van der Waals surface area contributed by atoms with E-state index in [4.69, 9.17) is 22.7 Å². The number of morpholine rings is 1. The molecule has 1 unspecified atom stereocenters. The fraction of sp³-hybridized carbons (Fsp3) is 0.923. The summed E-state index contributed by atoms with van der Waals surface area (Å²) in [6, 6.07) is 0. The van der Waals surface area contributed by atoms with E-state index in [-0.39, 0.29) is 0 Å². The molecule has 1 saturated heterocycles. The van der Waals surface area contributed by atoms with Crippen LogP contribution in [0.25, 0.3) is 0 Å². The highest BCUT2D eigenvalue weighted by Gasteiger charge is 2.31. The van der Waals surface area contributed by atoms with Crippen LogP contribution in [-0.4, -0.2) is 47.5 Å². The van der Waals surface area contributed by atoms with Crippen LogP contribution >= 0.6 is 12.2 Å². The van der Waals surface area contributed by atoms with E-state index in [0.717, 1.165) is 32.2 Å². The van der Waals surface area contributed by atoms with Crippen molar-refractivity contribution in [2.75, 3.05) is 26.2 Å². The molecule has 2 fully saturated rings. The Bertz CT molecular complexity index is 281. The molecule has 0 radical (unpaired) electrons. The Morgan fingerprint density at radius 3 is 2.72 bits per heavy atom. The average Bonchev–Trinajstić information content (AvgIpc) is 2.40. The first-order valence-electron chi connectivity index (χ1n) is 7.15. The number of rotatable bonds is 3. The van der Waals surface area contributed by atoms with E-state index in [1.807, 2.05) is 5.01 Å². The third kappa shape index (κ3) is 3.33. The van der Waals surface area contributed by atoms with E-state index in [9.17, 15) is 0 Å². The third-order valence-corrected chi connectivity index (χ3v) is 4.35. The molecule has 1 heterocycles. The van der Waals surface area contributed by atoms with Gasteiger partial charge >= 0.3 is 0 Å². The van der Waals surface area contributed by atoms with Gasteiger partial charge in [0.1, 0.15) is 0 Å². The Kier molecular flexibility index (Phi) is 5.21. The summed E-state index contributed by atoms with van der Waals surface area (Å²) < 4.78 is 5.97. The molecule has 0 spiro atoms. The van der Waals surface area contributed by atoms with E-state index in [1.54, 1.807) is 0 Å². The minimum absolute atomic E-state index is 0.363. The number of nitrogens with zero attached hydrogens (tertiary/aromatic N) is 2. The van der Waals surface area contributed by atoms with Crippen molar-refractivity contribution in [2.24, 2.45) is 11.7 Å². The van der Waals surface area contributed by atoms with Gasteiger partial charge in [-0.05, 0) is 37.9 Å². The van der Waals surface area contributed by atoms with Gasteiger partial charge in [0.25, 0.3) is 0 Å². The van der Waals surface area contributed by atoms with Gasteiger partial charge in [0.15, 0.2) is 5.11 Å². The molecule has 0 amide bonds. The maximum atomic E-state index is 5.97. The monoisotopic (exact) mass is 271 g/mol. The molecule has 1 atom stereocenters. The Labute approximate surface area is 115 Å². The predicted octanol–water partition coefficient (Wildman–Crippen LogP) is 1.75. The molecule has 2 aliphatic rings. The van der Waals surface area contributed by atoms with Gasteiger partial charge in [-0.15, -0.1) is 0 Å². The molecule has 5 heteroatoms. The Hall–Kier alpha value is -0.390. The smallest absolute Gasteiger partial charge is 0.181 e. The highest BCUT2D eigenvalue weighted by atomic mass is 32.1. The summed E-state index contributed by atoms with van der Waals surface area (Å²) in [6.45, 7) is 5.56. The molecule has 1 aliphatic carbocycles. The summed E-state index contributed by atoms with van der Waals surface area (Å²) >= 11 is 5.11. The Morgan fingerprint density at radius 1 is 1.39 bits per heavy atom. The SMILES string of the molecule is CCN(C(N)=S)N1CCOC(C2CCCCC2)C1. The highest BCUT2D eigenvalue weighted by Crippen LogP contribution is 2.29. The lowest BCUT2D eigenvalue weighted by molar-refractivity contribution is -0.114. The van der Waals surface area contributed by atoms with Crippen molar-refractivity contribution in [1.29, 1.82) is 0 Å². The van der Waals surface area contributed by atoms with E-state index in [0.29, 0.717) is 11.2 Å². The van der Waals surface area contributed by atoms with Gasteiger partial charge in [0, 0.05) is 19.6 Å².